The first-order valence-electron chi connectivity index (χ1n) is 9.51. The molecule has 2 aromatic heterocycles. The molecule has 1 aromatic carbocycles. The zero-order valence-corrected chi connectivity index (χ0v) is 16.8. The largest absolute Gasteiger partial charge is 0.475 e. The fourth-order valence-corrected chi connectivity index (χ4v) is 2.92. The van der Waals surface area contributed by atoms with Gasteiger partial charge in [-0.25, -0.2) is 9.67 Å². The van der Waals surface area contributed by atoms with Gasteiger partial charge in [0.15, 0.2) is 0 Å². The van der Waals surface area contributed by atoms with Gasteiger partial charge in [-0.15, -0.1) is 0 Å². The van der Waals surface area contributed by atoms with Gasteiger partial charge in [0.25, 0.3) is 5.91 Å². The molecule has 6 nitrogen and oxygen atoms in total. The van der Waals surface area contributed by atoms with E-state index in [1.54, 1.807) is 12.4 Å². The monoisotopic (exact) mass is 378 g/mol. The predicted octanol–water partition coefficient (Wildman–Crippen LogP) is 3.86. The van der Waals surface area contributed by atoms with Crippen molar-refractivity contribution >= 4 is 5.91 Å². The molecular weight excluding hydrogens is 352 g/mol. The Balaban J connectivity index is 1.70. The molecule has 0 atom stereocenters. The topological polar surface area (TPSA) is 69.0 Å². The molecule has 0 radical (unpaired) electrons. The van der Waals surface area contributed by atoms with Crippen LogP contribution in [-0.2, 0) is 13.0 Å². The number of nitrogens with one attached hydrogen (secondary N) is 1. The molecule has 2 heterocycles. The van der Waals surface area contributed by atoms with Crippen LogP contribution in [0.1, 0.15) is 48.0 Å². The number of carbonyl (C=O) groups is 1. The Hall–Kier alpha value is -3.15. The van der Waals surface area contributed by atoms with Crippen LogP contribution in [0.5, 0.6) is 5.88 Å². The van der Waals surface area contributed by atoms with Crippen molar-refractivity contribution in [3.63, 3.8) is 0 Å². The van der Waals surface area contributed by atoms with Crippen LogP contribution in [0, 0.1) is 6.92 Å². The molecule has 1 amide bonds. The van der Waals surface area contributed by atoms with Crippen LogP contribution in [0.3, 0.4) is 0 Å². The van der Waals surface area contributed by atoms with E-state index in [0.717, 1.165) is 16.9 Å². The van der Waals surface area contributed by atoms with Crippen molar-refractivity contribution < 1.29 is 9.53 Å². The maximum Gasteiger partial charge on any atom is 0.255 e. The Morgan fingerprint density at radius 3 is 2.50 bits per heavy atom. The molecule has 146 valence electrons. The first kappa shape index (κ1) is 19.6. The highest BCUT2D eigenvalue weighted by Gasteiger charge is 2.17. The van der Waals surface area contributed by atoms with E-state index in [4.69, 9.17) is 4.74 Å². The molecule has 0 unspecified atom stereocenters. The summed E-state index contributed by atoms with van der Waals surface area (Å²) >= 11 is 0. The number of nitrogens with zero attached hydrogens (tertiary/aromatic N) is 3. The maximum absolute atomic E-state index is 12.7. The molecule has 3 rings (SSSR count). The van der Waals surface area contributed by atoms with E-state index in [1.807, 2.05) is 68.8 Å². The minimum Gasteiger partial charge on any atom is -0.475 e. The smallest absolute Gasteiger partial charge is 0.255 e. The number of aryl methyl sites for hydroxylation is 1. The third-order valence-electron chi connectivity index (χ3n) is 4.33. The van der Waals surface area contributed by atoms with E-state index in [0.29, 0.717) is 24.4 Å². The van der Waals surface area contributed by atoms with E-state index >= 15 is 0 Å². The zero-order valence-electron chi connectivity index (χ0n) is 16.8. The average molecular weight is 378 g/mol. The van der Waals surface area contributed by atoms with Crippen molar-refractivity contribution in [3.8, 4) is 11.6 Å². The summed E-state index contributed by atoms with van der Waals surface area (Å²) in [4.78, 5) is 17.0. The maximum atomic E-state index is 12.7. The number of carbonyl (C=O) groups excluding carboxylic acids is 1. The fraction of sp³-hybridized carbons (Fsp3) is 0.318. The highest BCUT2D eigenvalue weighted by molar-refractivity contribution is 5.95. The highest BCUT2D eigenvalue weighted by atomic mass is 16.5. The molecule has 28 heavy (non-hydrogen) atoms. The molecular formula is C22H26N4O2. The van der Waals surface area contributed by atoms with Crippen molar-refractivity contribution in [1.29, 1.82) is 0 Å². The molecule has 0 saturated heterocycles. The summed E-state index contributed by atoms with van der Waals surface area (Å²) in [7, 11) is 0. The van der Waals surface area contributed by atoms with Crippen LogP contribution in [0.15, 0.2) is 48.8 Å². The van der Waals surface area contributed by atoms with Gasteiger partial charge in [-0.2, -0.15) is 5.10 Å². The van der Waals surface area contributed by atoms with Crippen molar-refractivity contribution in [1.82, 2.24) is 20.1 Å². The van der Waals surface area contributed by atoms with Crippen molar-refractivity contribution in [2.24, 2.45) is 0 Å². The number of rotatable bonds is 7. The van der Waals surface area contributed by atoms with Gasteiger partial charge in [0.05, 0.1) is 29.2 Å². The fourth-order valence-electron chi connectivity index (χ4n) is 2.92. The van der Waals surface area contributed by atoms with E-state index in [2.05, 4.69) is 15.4 Å². The Labute approximate surface area is 165 Å². The molecule has 6 heteroatoms. The summed E-state index contributed by atoms with van der Waals surface area (Å²) in [6.45, 7) is 8.38. The van der Waals surface area contributed by atoms with Crippen LogP contribution in [0.4, 0.5) is 0 Å². The molecule has 0 aliphatic carbocycles. The van der Waals surface area contributed by atoms with Crippen LogP contribution in [0.2, 0.25) is 0 Å². The average Bonchev–Trinajstić information content (AvgIpc) is 3.11. The van der Waals surface area contributed by atoms with Gasteiger partial charge in [-0.05, 0) is 44.9 Å². The van der Waals surface area contributed by atoms with Gasteiger partial charge in [0.2, 0.25) is 5.88 Å². The number of ether oxygens (including phenoxy) is 1. The second-order valence-corrected chi connectivity index (χ2v) is 6.96. The predicted molar refractivity (Wildman–Crippen MR) is 109 cm³/mol. The van der Waals surface area contributed by atoms with Gasteiger partial charge in [-0.3, -0.25) is 4.79 Å². The quantitative estimate of drug-likeness (QED) is 0.678. The van der Waals surface area contributed by atoms with Crippen LogP contribution in [-0.4, -0.2) is 26.8 Å². The van der Waals surface area contributed by atoms with Crippen LogP contribution >= 0.6 is 0 Å². The number of aromatic nitrogens is 3. The normalized spacial score (nSPS) is 10.9. The van der Waals surface area contributed by atoms with E-state index in [-0.39, 0.29) is 12.0 Å². The molecule has 3 aromatic rings. The van der Waals surface area contributed by atoms with Gasteiger partial charge in [-0.1, -0.05) is 30.7 Å². The summed E-state index contributed by atoms with van der Waals surface area (Å²) in [5.74, 6) is 0.440. The highest BCUT2D eigenvalue weighted by Crippen LogP contribution is 2.17. The van der Waals surface area contributed by atoms with Gasteiger partial charge in [0.1, 0.15) is 0 Å². The summed E-state index contributed by atoms with van der Waals surface area (Å²) in [5, 5.41) is 7.38. The number of hydrogen-bond acceptors (Lipinski definition) is 4. The number of pyridine rings is 1. The SMILES string of the molecule is CCc1c(C(=O)NCc2ccc(OC(C)C)nc2)cnn1-c1ccc(C)cc1. The molecule has 0 aliphatic heterocycles. The standard InChI is InChI=1S/C22H26N4O2/c1-5-20-19(14-25-26(20)18-9-6-16(4)7-10-18)22(27)24-13-17-8-11-21(23-12-17)28-15(2)3/h6-12,14-15H,5,13H2,1-4H3,(H,24,27). The second kappa shape index (κ2) is 8.69. The van der Waals surface area contributed by atoms with Crippen molar-refractivity contribution in [3.05, 3.63) is 71.2 Å². The molecule has 0 bridgehead atoms. The van der Waals surface area contributed by atoms with Crippen molar-refractivity contribution in [2.45, 2.75) is 46.8 Å². The molecule has 0 saturated carbocycles. The molecule has 0 fully saturated rings. The first-order valence-corrected chi connectivity index (χ1v) is 9.51. The van der Waals surface area contributed by atoms with Crippen LogP contribution in [0.25, 0.3) is 5.69 Å². The third kappa shape index (κ3) is 4.57. The Morgan fingerprint density at radius 2 is 1.89 bits per heavy atom. The second-order valence-electron chi connectivity index (χ2n) is 6.96. The lowest BCUT2D eigenvalue weighted by atomic mass is 10.1. The lowest BCUT2D eigenvalue weighted by Crippen LogP contribution is -2.24. The van der Waals surface area contributed by atoms with E-state index in [1.165, 1.54) is 5.56 Å². The number of hydrogen-bond donors (Lipinski definition) is 1. The Bertz CT molecular complexity index is 928. The summed E-state index contributed by atoms with van der Waals surface area (Å²) in [6.07, 6.45) is 4.13. The van der Waals surface area contributed by atoms with Gasteiger partial charge < -0.3 is 10.1 Å². The third-order valence-corrected chi connectivity index (χ3v) is 4.33. The Morgan fingerprint density at radius 1 is 1.14 bits per heavy atom. The Kier molecular flexibility index (Phi) is 6.09. The minimum atomic E-state index is -0.141. The van der Waals surface area contributed by atoms with Crippen LogP contribution < -0.4 is 10.1 Å². The van der Waals surface area contributed by atoms with E-state index in [9.17, 15) is 4.79 Å². The summed E-state index contributed by atoms with van der Waals surface area (Å²) in [6, 6.07) is 11.8. The number of benzene rings is 1. The minimum absolute atomic E-state index is 0.0792. The summed E-state index contributed by atoms with van der Waals surface area (Å²) in [5.41, 5.74) is 4.53. The lowest BCUT2D eigenvalue weighted by Gasteiger charge is -2.10. The number of amides is 1. The van der Waals surface area contributed by atoms with Gasteiger partial charge >= 0.3 is 0 Å². The summed E-state index contributed by atoms with van der Waals surface area (Å²) < 4.78 is 7.36. The van der Waals surface area contributed by atoms with Crippen molar-refractivity contribution in [2.75, 3.05) is 0 Å². The van der Waals surface area contributed by atoms with Gasteiger partial charge in [0, 0.05) is 18.8 Å². The zero-order chi connectivity index (χ0) is 20.1. The van der Waals surface area contributed by atoms with E-state index < -0.39 is 0 Å². The molecule has 0 aliphatic rings. The lowest BCUT2D eigenvalue weighted by molar-refractivity contribution is 0.0950. The molecule has 0 spiro atoms. The first-order chi connectivity index (χ1) is 13.5. The molecule has 1 N–H and O–H groups in total.